The highest BCUT2D eigenvalue weighted by Crippen LogP contribution is 2.13. The second-order valence-electron chi connectivity index (χ2n) is 2.50. The lowest BCUT2D eigenvalue weighted by molar-refractivity contribution is 0.249. The molecule has 0 aliphatic heterocycles. The lowest BCUT2D eigenvalue weighted by Gasteiger charge is -1.98. The van der Waals surface area contributed by atoms with Gasteiger partial charge in [0.15, 0.2) is 17.5 Å². The fourth-order valence-electron chi connectivity index (χ4n) is 0.806. The van der Waals surface area contributed by atoms with E-state index in [4.69, 9.17) is 0 Å². The predicted molar refractivity (Wildman–Crippen MR) is 46.6 cm³/mol. The molecule has 1 aromatic carbocycles. The number of amides is 2. The molecule has 0 heterocycles. The van der Waals surface area contributed by atoms with Gasteiger partial charge in [-0.1, -0.05) is 0 Å². The van der Waals surface area contributed by atoms with Crippen molar-refractivity contribution in [1.29, 1.82) is 0 Å². The van der Waals surface area contributed by atoms with Gasteiger partial charge in [0.1, 0.15) is 0 Å². The zero-order chi connectivity index (χ0) is 11.4. The molecular formula is C8H6F3N3O. The number of hydrazone groups is 1. The van der Waals surface area contributed by atoms with Crippen LogP contribution < -0.4 is 11.2 Å². The quantitative estimate of drug-likeness (QED) is 0.435. The first-order valence-electron chi connectivity index (χ1n) is 3.74. The van der Waals surface area contributed by atoms with E-state index >= 15 is 0 Å². The zero-order valence-corrected chi connectivity index (χ0v) is 7.30. The number of rotatable bonds is 2. The molecule has 0 unspecified atom stereocenters. The number of carbonyl (C=O) groups excluding carboxylic acids is 1. The number of primary amides is 1. The fraction of sp³-hybridized carbons (Fsp3) is 0. The molecule has 0 aliphatic carbocycles. The molecule has 0 spiro atoms. The molecule has 0 atom stereocenters. The van der Waals surface area contributed by atoms with Crippen molar-refractivity contribution >= 4 is 12.2 Å². The van der Waals surface area contributed by atoms with E-state index in [-0.39, 0.29) is 5.56 Å². The Morgan fingerprint density at radius 3 is 2.60 bits per heavy atom. The number of nitrogens with one attached hydrogen (secondary N) is 1. The SMILES string of the molecule is NC(=O)NN=Cc1ccc(F)c(F)c1F. The topological polar surface area (TPSA) is 67.5 Å². The summed E-state index contributed by atoms with van der Waals surface area (Å²) in [5.74, 6) is -4.28. The van der Waals surface area contributed by atoms with Crippen molar-refractivity contribution in [3.05, 3.63) is 35.1 Å². The van der Waals surface area contributed by atoms with E-state index < -0.39 is 23.5 Å². The second-order valence-corrected chi connectivity index (χ2v) is 2.50. The molecule has 80 valence electrons. The number of hydrogen-bond acceptors (Lipinski definition) is 2. The lowest BCUT2D eigenvalue weighted by Crippen LogP contribution is -2.24. The molecule has 2 amide bonds. The Bertz CT molecular complexity index is 420. The van der Waals surface area contributed by atoms with Crippen molar-refractivity contribution in [2.24, 2.45) is 10.8 Å². The normalized spacial score (nSPS) is 10.6. The lowest BCUT2D eigenvalue weighted by atomic mass is 10.2. The summed E-state index contributed by atoms with van der Waals surface area (Å²) in [7, 11) is 0. The Kier molecular flexibility index (Phi) is 3.27. The average molecular weight is 217 g/mol. The van der Waals surface area contributed by atoms with Gasteiger partial charge in [-0.15, -0.1) is 0 Å². The minimum atomic E-state index is -1.60. The van der Waals surface area contributed by atoms with Gasteiger partial charge in [-0.3, -0.25) is 0 Å². The molecule has 0 aromatic heterocycles. The van der Waals surface area contributed by atoms with Crippen molar-refractivity contribution < 1.29 is 18.0 Å². The summed E-state index contributed by atoms with van der Waals surface area (Å²) in [5.41, 5.74) is 6.13. The Labute approximate surface area is 82.6 Å². The first-order chi connectivity index (χ1) is 7.02. The Balaban J connectivity index is 2.92. The third-order valence-electron chi connectivity index (χ3n) is 1.44. The number of benzene rings is 1. The van der Waals surface area contributed by atoms with Crippen LogP contribution in [0.5, 0.6) is 0 Å². The molecule has 0 radical (unpaired) electrons. The predicted octanol–water partition coefficient (Wildman–Crippen LogP) is 1.11. The highest BCUT2D eigenvalue weighted by Gasteiger charge is 2.11. The van der Waals surface area contributed by atoms with Crippen molar-refractivity contribution in [3.8, 4) is 0 Å². The molecule has 3 N–H and O–H groups in total. The molecule has 0 fully saturated rings. The number of nitrogens with zero attached hydrogens (tertiary/aromatic N) is 1. The van der Waals surface area contributed by atoms with Gasteiger partial charge in [0.25, 0.3) is 0 Å². The van der Waals surface area contributed by atoms with E-state index in [9.17, 15) is 18.0 Å². The fourth-order valence-corrected chi connectivity index (χ4v) is 0.806. The van der Waals surface area contributed by atoms with Gasteiger partial charge in [0, 0.05) is 5.56 Å². The van der Waals surface area contributed by atoms with E-state index in [1.807, 2.05) is 0 Å². The molecule has 15 heavy (non-hydrogen) atoms. The average Bonchev–Trinajstić information content (AvgIpc) is 2.18. The van der Waals surface area contributed by atoms with Crippen LogP contribution in [0.25, 0.3) is 0 Å². The Morgan fingerprint density at radius 1 is 1.33 bits per heavy atom. The van der Waals surface area contributed by atoms with Crippen LogP contribution in [0.1, 0.15) is 5.56 Å². The number of urea groups is 1. The van der Waals surface area contributed by atoms with Gasteiger partial charge in [-0.25, -0.2) is 23.4 Å². The van der Waals surface area contributed by atoms with Crippen LogP contribution >= 0.6 is 0 Å². The summed E-state index contributed by atoms with van der Waals surface area (Å²) >= 11 is 0. The molecule has 1 rings (SSSR count). The largest absolute Gasteiger partial charge is 0.350 e. The third-order valence-corrected chi connectivity index (χ3v) is 1.44. The highest BCUT2D eigenvalue weighted by molar-refractivity contribution is 5.81. The summed E-state index contributed by atoms with van der Waals surface area (Å²) in [6.45, 7) is 0. The minimum absolute atomic E-state index is 0.303. The van der Waals surface area contributed by atoms with Crippen LogP contribution in [0.2, 0.25) is 0 Å². The van der Waals surface area contributed by atoms with Crippen molar-refractivity contribution in [3.63, 3.8) is 0 Å². The number of nitrogens with two attached hydrogens (primary N) is 1. The van der Waals surface area contributed by atoms with Crippen LogP contribution in [-0.2, 0) is 0 Å². The van der Waals surface area contributed by atoms with Crippen LogP contribution in [0.15, 0.2) is 17.2 Å². The number of hydrogen-bond donors (Lipinski definition) is 2. The first kappa shape index (κ1) is 11.0. The molecular weight excluding hydrogens is 211 g/mol. The second kappa shape index (κ2) is 4.45. The van der Waals surface area contributed by atoms with Crippen molar-refractivity contribution in [1.82, 2.24) is 5.43 Å². The van der Waals surface area contributed by atoms with Crippen molar-refractivity contribution in [2.45, 2.75) is 0 Å². The first-order valence-corrected chi connectivity index (χ1v) is 3.74. The third kappa shape index (κ3) is 2.70. The van der Waals surface area contributed by atoms with Gasteiger partial charge in [-0.05, 0) is 12.1 Å². The number of carbonyl (C=O) groups is 1. The minimum Gasteiger partial charge on any atom is -0.350 e. The molecule has 0 saturated heterocycles. The molecule has 0 aliphatic rings. The maximum Gasteiger partial charge on any atom is 0.332 e. The summed E-state index contributed by atoms with van der Waals surface area (Å²) in [5, 5.41) is 3.19. The highest BCUT2D eigenvalue weighted by atomic mass is 19.2. The monoisotopic (exact) mass is 217 g/mol. The van der Waals surface area contributed by atoms with Crippen LogP contribution in [-0.4, -0.2) is 12.2 Å². The summed E-state index contributed by atoms with van der Waals surface area (Å²) in [6, 6.07) is 0.762. The van der Waals surface area contributed by atoms with E-state index in [0.29, 0.717) is 0 Å². The number of halogens is 3. The molecule has 0 saturated carbocycles. The zero-order valence-electron chi connectivity index (χ0n) is 7.30. The summed E-state index contributed by atoms with van der Waals surface area (Å²) < 4.78 is 38.1. The van der Waals surface area contributed by atoms with E-state index in [0.717, 1.165) is 18.3 Å². The van der Waals surface area contributed by atoms with Crippen LogP contribution in [0.4, 0.5) is 18.0 Å². The van der Waals surface area contributed by atoms with E-state index in [1.165, 1.54) is 0 Å². The molecule has 1 aromatic rings. The van der Waals surface area contributed by atoms with Gasteiger partial charge in [0.2, 0.25) is 0 Å². The standard InChI is InChI=1S/C8H6F3N3O/c9-5-2-1-4(6(10)7(5)11)3-13-14-8(12)15/h1-3H,(H3,12,14,15). The van der Waals surface area contributed by atoms with E-state index in [2.05, 4.69) is 10.8 Å². The van der Waals surface area contributed by atoms with Crippen LogP contribution in [0.3, 0.4) is 0 Å². The summed E-state index contributed by atoms with van der Waals surface area (Å²) in [6.07, 6.45) is 0.808. The van der Waals surface area contributed by atoms with Gasteiger partial charge in [0.05, 0.1) is 6.21 Å². The smallest absolute Gasteiger partial charge is 0.332 e. The molecule has 0 bridgehead atoms. The van der Waals surface area contributed by atoms with Crippen molar-refractivity contribution in [2.75, 3.05) is 0 Å². The molecule has 7 heteroatoms. The Hall–Kier alpha value is -2.05. The van der Waals surface area contributed by atoms with Gasteiger partial charge >= 0.3 is 6.03 Å². The maximum atomic E-state index is 12.9. The molecule has 4 nitrogen and oxygen atoms in total. The van der Waals surface area contributed by atoms with Gasteiger partial charge in [-0.2, -0.15) is 5.10 Å². The summed E-state index contributed by atoms with van der Waals surface area (Å²) in [4.78, 5) is 10.2. The maximum absolute atomic E-state index is 12.9. The van der Waals surface area contributed by atoms with Gasteiger partial charge < -0.3 is 5.73 Å². The van der Waals surface area contributed by atoms with E-state index in [1.54, 1.807) is 5.43 Å². The van der Waals surface area contributed by atoms with Crippen LogP contribution in [0, 0.1) is 17.5 Å². The Morgan fingerprint density at radius 2 is 2.00 bits per heavy atom.